The SMILES string of the molecule is CCC(C)(OC)c1noc(CC2CCCCC2=O)n1. The van der Waals surface area contributed by atoms with Crippen molar-refractivity contribution in [1.82, 2.24) is 10.1 Å². The van der Waals surface area contributed by atoms with Crippen LogP contribution >= 0.6 is 0 Å². The van der Waals surface area contributed by atoms with Gasteiger partial charge in [0.05, 0.1) is 0 Å². The number of carbonyl (C=O) groups is 1. The van der Waals surface area contributed by atoms with E-state index in [1.807, 2.05) is 13.8 Å². The largest absolute Gasteiger partial charge is 0.370 e. The van der Waals surface area contributed by atoms with Crippen molar-refractivity contribution < 1.29 is 14.1 Å². The average molecular weight is 266 g/mol. The van der Waals surface area contributed by atoms with Gasteiger partial charge in [-0.25, -0.2) is 0 Å². The van der Waals surface area contributed by atoms with Crippen molar-refractivity contribution in [2.24, 2.45) is 5.92 Å². The summed E-state index contributed by atoms with van der Waals surface area (Å²) in [7, 11) is 1.64. The Bertz CT molecular complexity index is 438. The number of carbonyl (C=O) groups excluding carboxylic acids is 1. The first kappa shape index (κ1) is 14.2. The molecule has 106 valence electrons. The van der Waals surface area contributed by atoms with Crippen molar-refractivity contribution in [3.05, 3.63) is 11.7 Å². The molecule has 0 aliphatic heterocycles. The molecular weight excluding hydrogens is 244 g/mol. The second-order valence-electron chi connectivity index (χ2n) is 5.41. The van der Waals surface area contributed by atoms with Crippen LogP contribution < -0.4 is 0 Å². The van der Waals surface area contributed by atoms with Crippen LogP contribution in [0.5, 0.6) is 0 Å². The van der Waals surface area contributed by atoms with E-state index >= 15 is 0 Å². The van der Waals surface area contributed by atoms with Gasteiger partial charge in [0.1, 0.15) is 11.4 Å². The van der Waals surface area contributed by atoms with Gasteiger partial charge in [-0.15, -0.1) is 0 Å². The summed E-state index contributed by atoms with van der Waals surface area (Å²) in [5.41, 5.74) is -0.516. The number of hydrogen-bond acceptors (Lipinski definition) is 5. The van der Waals surface area contributed by atoms with E-state index in [1.54, 1.807) is 7.11 Å². The lowest BCUT2D eigenvalue weighted by Crippen LogP contribution is -2.25. The number of rotatable bonds is 5. The zero-order chi connectivity index (χ0) is 13.9. The molecule has 1 aromatic heterocycles. The summed E-state index contributed by atoms with van der Waals surface area (Å²) in [6.07, 6.45) is 5.09. The van der Waals surface area contributed by atoms with Crippen molar-refractivity contribution in [2.75, 3.05) is 7.11 Å². The quantitative estimate of drug-likeness (QED) is 0.819. The van der Waals surface area contributed by atoms with Crippen LogP contribution in [0.4, 0.5) is 0 Å². The summed E-state index contributed by atoms with van der Waals surface area (Å²) in [4.78, 5) is 16.2. The third-order valence-electron chi connectivity index (χ3n) is 4.17. The van der Waals surface area contributed by atoms with Gasteiger partial charge in [0.25, 0.3) is 0 Å². The van der Waals surface area contributed by atoms with Crippen LogP contribution in [0.1, 0.15) is 57.7 Å². The van der Waals surface area contributed by atoms with Crippen LogP contribution in [0.2, 0.25) is 0 Å². The van der Waals surface area contributed by atoms with E-state index in [0.717, 1.165) is 25.7 Å². The highest BCUT2D eigenvalue weighted by Crippen LogP contribution is 2.27. The van der Waals surface area contributed by atoms with Crippen LogP contribution in [0.3, 0.4) is 0 Å². The van der Waals surface area contributed by atoms with E-state index in [4.69, 9.17) is 9.26 Å². The normalized spacial score (nSPS) is 23.3. The number of ketones is 1. The highest BCUT2D eigenvalue weighted by Gasteiger charge is 2.31. The summed E-state index contributed by atoms with van der Waals surface area (Å²) in [6.45, 7) is 3.96. The number of Topliss-reactive ketones (excluding diaryl/α,β-unsaturated/α-hetero) is 1. The molecule has 2 rings (SSSR count). The summed E-state index contributed by atoms with van der Waals surface area (Å²) < 4.78 is 10.7. The van der Waals surface area contributed by atoms with E-state index in [0.29, 0.717) is 30.3 Å². The van der Waals surface area contributed by atoms with Gasteiger partial charge in [-0.1, -0.05) is 18.5 Å². The fourth-order valence-electron chi connectivity index (χ4n) is 2.43. The molecule has 0 aromatic carbocycles. The molecule has 1 aromatic rings. The molecule has 0 radical (unpaired) electrons. The van der Waals surface area contributed by atoms with Crippen LogP contribution in [0, 0.1) is 5.92 Å². The highest BCUT2D eigenvalue weighted by atomic mass is 16.5. The first-order valence-corrected chi connectivity index (χ1v) is 7.00. The molecule has 1 fully saturated rings. The summed E-state index contributed by atoms with van der Waals surface area (Å²) in [5.74, 6) is 1.50. The first-order chi connectivity index (χ1) is 9.09. The molecule has 5 heteroatoms. The summed E-state index contributed by atoms with van der Waals surface area (Å²) in [6, 6.07) is 0. The molecule has 0 saturated heterocycles. The minimum Gasteiger partial charge on any atom is -0.370 e. The molecule has 0 bridgehead atoms. The Balaban J connectivity index is 2.06. The third-order valence-corrected chi connectivity index (χ3v) is 4.17. The minimum absolute atomic E-state index is 0.0532. The minimum atomic E-state index is -0.516. The van der Waals surface area contributed by atoms with E-state index in [-0.39, 0.29) is 5.92 Å². The van der Waals surface area contributed by atoms with Crippen molar-refractivity contribution >= 4 is 5.78 Å². The molecule has 19 heavy (non-hydrogen) atoms. The second-order valence-corrected chi connectivity index (χ2v) is 5.41. The average Bonchev–Trinajstić information content (AvgIpc) is 2.90. The standard InChI is InChI=1S/C14H22N2O3/c1-4-14(2,18-3)13-15-12(19-16-13)9-10-7-5-6-8-11(10)17/h10H,4-9H2,1-3H3. The number of ether oxygens (including phenoxy) is 1. The zero-order valence-electron chi connectivity index (χ0n) is 11.9. The summed E-state index contributed by atoms with van der Waals surface area (Å²) >= 11 is 0. The number of aromatic nitrogens is 2. The smallest absolute Gasteiger partial charge is 0.227 e. The van der Waals surface area contributed by atoms with Gasteiger partial charge in [-0.3, -0.25) is 4.79 Å². The highest BCUT2D eigenvalue weighted by molar-refractivity contribution is 5.81. The van der Waals surface area contributed by atoms with E-state index in [1.165, 1.54) is 0 Å². The van der Waals surface area contributed by atoms with Gasteiger partial charge in [0.2, 0.25) is 11.7 Å². The molecule has 1 heterocycles. The van der Waals surface area contributed by atoms with Crippen molar-refractivity contribution in [3.63, 3.8) is 0 Å². The Hall–Kier alpha value is -1.23. The molecule has 1 saturated carbocycles. The lowest BCUT2D eigenvalue weighted by Gasteiger charge is -2.22. The number of nitrogens with zero attached hydrogens (tertiary/aromatic N) is 2. The maximum Gasteiger partial charge on any atom is 0.227 e. The summed E-state index contributed by atoms with van der Waals surface area (Å²) in [5, 5.41) is 4.00. The van der Waals surface area contributed by atoms with Gasteiger partial charge in [-0.2, -0.15) is 4.98 Å². The topological polar surface area (TPSA) is 65.2 Å². The molecule has 0 amide bonds. The molecule has 0 spiro atoms. The molecule has 2 unspecified atom stereocenters. The van der Waals surface area contributed by atoms with Crippen molar-refractivity contribution in [1.29, 1.82) is 0 Å². The fraction of sp³-hybridized carbons (Fsp3) is 0.786. The Morgan fingerprint density at radius 2 is 2.26 bits per heavy atom. The Morgan fingerprint density at radius 3 is 2.89 bits per heavy atom. The number of hydrogen-bond donors (Lipinski definition) is 0. The Morgan fingerprint density at radius 1 is 1.47 bits per heavy atom. The van der Waals surface area contributed by atoms with Crippen molar-refractivity contribution in [2.45, 2.75) is 58.0 Å². The molecule has 0 N–H and O–H groups in total. The lowest BCUT2D eigenvalue weighted by atomic mass is 9.86. The fourth-order valence-corrected chi connectivity index (χ4v) is 2.43. The maximum atomic E-state index is 11.8. The molecule has 5 nitrogen and oxygen atoms in total. The van der Waals surface area contributed by atoms with Crippen LogP contribution in [0.25, 0.3) is 0 Å². The molecular formula is C14H22N2O3. The van der Waals surface area contributed by atoms with E-state index in [9.17, 15) is 4.79 Å². The van der Waals surface area contributed by atoms with Gasteiger partial charge >= 0.3 is 0 Å². The number of methoxy groups -OCH3 is 1. The zero-order valence-corrected chi connectivity index (χ0v) is 11.9. The molecule has 1 aliphatic rings. The van der Waals surface area contributed by atoms with E-state index in [2.05, 4.69) is 10.1 Å². The van der Waals surface area contributed by atoms with Gasteiger partial charge in [-0.05, 0) is 26.2 Å². The lowest BCUT2D eigenvalue weighted by molar-refractivity contribution is -0.124. The van der Waals surface area contributed by atoms with Crippen LogP contribution in [-0.2, 0) is 21.6 Å². The maximum absolute atomic E-state index is 11.8. The molecule has 1 aliphatic carbocycles. The Kier molecular flexibility index (Phi) is 4.34. The van der Waals surface area contributed by atoms with Gasteiger partial charge in [0, 0.05) is 25.9 Å². The molecule has 2 atom stereocenters. The monoisotopic (exact) mass is 266 g/mol. The Labute approximate surface area is 113 Å². The first-order valence-electron chi connectivity index (χ1n) is 7.00. The van der Waals surface area contributed by atoms with Crippen LogP contribution in [0.15, 0.2) is 4.52 Å². The second kappa shape index (κ2) is 5.82. The van der Waals surface area contributed by atoms with Crippen LogP contribution in [-0.4, -0.2) is 23.0 Å². The third kappa shape index (κ3) is 3.03. The predicted molar refractivity (Wildman–Crippen MR) is 69.6 cm³/mol. The van der Waals surface area contributed by atoms with Gasteiger partial charge in [0.15, 0.2) is 0 Å². The predicted octanol–water partition coefficient (Wildman–Crippen LogP) is 2.64. The van der Waals surface area contributed by atoms with Crippen molar-refractivity contribution in [3.8, 4) is 0 Å². The van der Waals surface area contributed by atoms with Gasteiger partial charge < -0.3 is 9.26 Å². The van der Waals surface area contributed by atoms with E-state index < -0.39 is 5.60 Å².